The number of para-hydroxylation sites is 2. The van der Waals surface area contributed by atoms with Crippen LogP contribution in [-0.2, 0) is 5.67 Å². The van der Waals surface area contributed by atoms with Crippen LogP contribution >= 0.6 is 0 Å². The summed E-state index contributed by atoms with van der Waals surface area (Å²) in [6.45, 7) is 0. The van der Waals surface area contributed by atoms with Gasteiger partial charge in [0.15, 0.2) is 0 Å². The molecule has 0 fully saturated rings. The number of halogens is 6. The maximum absolute atomic E-state index is 13.8. The van der Waals surface area contributed by atoms with Gasteiger partial charge in [0.25, 0.3) is 12.1 Å². The molecule has 23 heavy (non-hydrogen) atoms. The van der Waals surface area contributed by atoms with Gasteiger partial charge in [-0.1, -0.05) is 24.3 Å². The first-order valence-corrected chi connectivity index (χ1v) is 6.33. The lowest BCUT2D eigenvalue weighted by Crippen LogP contribution is -2.44. The van der Waals surface area contributed by atoms with E-state index in [1.54, 1.807) is 12.1 Å². The predicted molar refractivity (Wildman–Crippen MR) is 72.2 cm³/mol. The first-order valence-electron chi connectivity index (χ1n) is 6.33. The Balaban J connectivity index is 2.30. The van der Waals surface area contributed by atoms with Crippen LogP contribution in [0.1, 0.15) is 5.56 Å². The fourth-order valence-electron chi connectivity index (χ4n) is 1.88. The molecule has 0 saturated heterocycles. The van der Waals surface area contributed by atoms with Crippen molar-refractivity contribution in [3.05, 3.63) is 54.1 Å². The van der Waals surface area contributed by atoms with E-state index in [9.17, 15) is 26.3 Å². The lowest BCUT2D eigenvalue weighted by molar-refractivity contribution is -0.274. The van der Waals surface area contributed by atoms with Gasteiger partial charge in [-0.15, -0.1) is 0 Å². The molecule has 1 atom stereocenters. The predicted octanol–water partition coefficient (Wildman–Crippen LogP) is 5.05. The summed E-state index contributed by atoms with van der Waals surface area (Å²) in [5.74, 6) is 0.266. The summed E-state index contributed by atoms with van der Waals surface area (Å²) in [6, 6.07) is 9.45. The fraction of sp³-hybridized carbons (Fsp3) is 0.200. The number of rotatable bonds is 4. The first-order chi connectivity index (χ1) is 10.7. The Labute approximate surface area is 127 Å². The lowest BCUT2D eigenvalue weighted by Gasteiger charge is -2.27. The molecule has 2 aromatic rings. The number of ether oxygens (including phenoxy) is 1. The summed E-state index contributed by atoms with van der Waals surface area (Å²) >= 11 is 0. The van der Waals surface area contributed by atoms with Crippen molar-refractivity contribution < 1.29 is 31.1 Å². The minimum Gasteiger partial charge on any atom is -0.455 e. The molecule has 0 radical (unpaired) electrons. The molecule has 0 spiro atoms. The molecule has 2 N–H and O–H groups in total. The van der Waals surface area contributed by atoms with Crippen LogP contribution in [0, 0.1) is 0 Å². The Bertz CT molecular complexity index is 670. The van der Waals surface area contributed by atoms with Crippen LogP contribution in [0.5, 0.6) is 11.5 Å². The van der Waals surface area contributed by atoms with Crippen molar-refractivity contribution in [2.24, 2.45) is 0 Å². The summed E-state index contributed by atoms with van der Waals surface area (Å²) in [4.78, 5) is 0. The third-order valence-electron chi connectivity index (χ3n) is 3.13. The zero-order valence-corrected chi connectivity index (χ0v) is 11.4. The third kappa shape index (κ3) is 3.20. The minimum absolute atomic E-state index is 0.0328. The standard InChI is InChI=1S/C15H11F6NO/c16-13(17)14(18,15(19,20)21)9-5-7-10(8-6-9)23-12-4-2-1-3-11(12)22/h1-8,13H,22H2. The maximum Gasteiger partial charge on any atom is 0.432 e. The van der Waals surface area contributed by atoms with E-state index in [2.05, 4.69) is 0 Å². The summed E-state index contributed by atoms with van der Waals surface area (Å²) < 4.78 is 82.3. The summed E-state index contributed by atoms with van der Waals surface area (Å²) in [5, 5.41) is 0. The molecule has 0 heterocycles. The van der Waals surface area contributed by atoms with E-state index in [1.807, 2.05) is 0 Å². The zero-order valence-electron chi connectivity index (χ0n) is 11.4. The highest BCUT2D eigenvalue weighted by molar-refractivity contribution is 5.53. The number of hydrogen-bond acceptors (Lipinski definition) is 2. The molecule has 1 unspecified atom stereocenters. The van der Waals surface area contributed by atoms with Crippen LogP contribution in [0.3, 0.4) is 0 Å². The van der Waals surface area contributed by atoms with E-state index >= 15 is 0 Å². The number of nitrogen functional groups attached to an aromatic ring is 1. The van der Waals surface area contributed by atoms with Gasteiger partial charge in [0.2, 0.25) is 0 Å². The molecule has 2 aromatic carbocycles. The van der Waals surface area contributed by atoms with E-state index in [-0.39, 0.29) is 17.2 Å². The van der Waals surface area contributed by atoms with E-state index in [1.165, 1.54) is 12.1 Å². The molecule has 0 bridgehead atoms. The van der Waals surface area contributed by atoms with Crippen LogP contribution in [0.4, 0.5) is 32.0 Å². The largest absolute Gasteiger partial charge is 0.455 e. The van der Waals surface area contributed by atoms with E-state index in [0.717, 1.165) is 12.1 Å². The Morgan fingerprint density at radius 1 is 0.870 bits per heavy atom. The zero-order chi connectivity index (χ0) is 17.3. The summed E-state index contributed by atoms with van der Waals surface area (Å²) in [7, 11) is 0. The highest BCUT2D eigenvalue weighted by Crippen LogP contribution is 2.47. The van der Waals surface area contributed by atoms with Gasteiger partial charge in [0.05, 0.1) is 5.69 Å². The van der Waals surface area contributed by atoms with E-state index in [4.69, 9.17) is 10.5 Å². The molecule has 0 aromatic heterocycles. The Morgan fingerprint density at radius 3 is 1.91 bits per heavy atom. The molecule has 0 aliphatic heterocycles. The van der Waals surface area contributed by atoms with Crippen LogP contribution in [0.2, 0.25) is 0 Å². The molecule has 2 rings (SSSR count). The van der Waals surface area contributed by atoms with Crippen LogP contribution in [0.15, 0.2) is 48.5 Å². The van der Waals surface area contributed by atoms with Crippen LogP contribution in [-0.4, -0.2) is 12.6 Å². The van der Waals surface area contributed by atoms with Gasteiger partial charge in [-0.05, 0) is 24.3 Å². The average molecular weight is 335 g/mol. The minimum atomic E-state index is -5.74. The fourth-order valence-corrected chi connectivity index (χ4v) is 1.88. The Morgan fingerprint density at radius 2 is 1.43 bits per heavy atom. The maximum atomic E-state index is 13.8. The molecule has 0 aliphatic carbocycles. The molecule has 124 valence electrons. The quantitative estimate of drug-likeness (QED) is 0.627. The van der Waals surface area contributed by atoms with Gasteiger partial charge in [-0.25, -0.2) is 13.2 Å². The second-order valence-electron chi connectivity index (χ2n) is 4.67. The molecular weight excluding hydrogens is 324 g/mol. The van der Waals surface area contributed by atoms with Gasteiger partial charge >= 0.3 is 6.18 Å². The number of hydrogen-bond donors (Lipinski definition) is 1. The molecule has 8 heteroatoms. The van der Waals surface area contributed by atoms with Crippen molar-refractivity contribution in [2.45, 2.75) is 18.3 Å². The van der Waals surface area contributed by atoms with Gasteiger partial charge in [0, 0.05) is 5.56 Å². The monoisotopic (exact) mass is 335 g/mol. The molecule has 0 saturated carbocycles. The SMILES string of the molecule is Nc1ccccc1Oc1ccc(C(F)(C(F)F)C(F)(F)F)cc1. The second-order valence-corrected chi connectivity index (χ2v) is 4.67. The highest BCUT2D eigenvalue weighted by Gasteiger charge is 2.63. The average Bonchev–Trinajstić information content (AvgIpc) is 2.48. The summed E-state index contributed by atoms with van der Waals surface area (Å²) in [5.41, 5.74) is -0.0308. The van der Waals surface area contributed by atoms with Crippen molar-refractivity contribution in [1.29, 1.82) is 0 Å². The number of benzene rings is 2. The Hall–Kier alpha value is -2.38. The highest BCUT2D eigenvalue weighted by atomic mass is 19.4. The molecule has 2 nitrogen and oxygen atoms in total. The van der Waals surface area contributed by atoms with Gasteiger partial charge in [-0.3, -0.25) is 0 Å². The molecule has 0 aliphatic rings. The van der Waals surface area contributed by atoms with E-state index in [0.29, 0.717) is 12.1 Å². The topological polar surface area (TPSA) is 35.2 Å². The van der Waals surface area contributed by atoms with Crippen LogP contribution in [0.25, 0.3) is 0 Å². The van der Waals surface area contributed by atoms with Crippen molar-refractivity contribution in [3.8, 4) is 11.5 Å². The van der Waals surface area contributed by atoms with Gasteiger partial charge in [-0.2, -0.15) is 13.2 Å². The number of nitrogens with two attached hydrogens (primary N) is 1. The first kappa shape index (κ1) is 17.0. The second kappa shape index (κ2) is 6.02. The molecule has 0 amide bonds. The lowest BCUT2D eigenvalue weighted by atomic mass is 9.95. The van der Waals surface area contributed by atoms with Crippen molar-refractivity contribution in [3.63, 3.8) is 0 Å². The van der Waals surface area contributed by atoms with Crippen molar-refractivity contribution in [2.75, 3.05) is 5.73 Å². The van der Waals surface area contributed by atoms with Gasteiger partial charge < -0.3 is 10.5 Å². The van der Waals surface area contributed by atoms with Crippen molar-refractivity contribution >= 4 is 5.69 Å². The van der Waals surface area contributed by atoms with Crippen molar-refractivity contribution in [1.82, 2.24) is 0 Å². The van der Waals surface area contributed by atoms with Crippen LogP contribution < -0.4 is 10.5 Å². The number of alkyl halides is 6. The smallest absolute Gasteiger partial charge is 0.432 e. The number of anilines is 1. The van der Waals surface area contributed by atoms with E-state index < -0.39 is 23.8 Å². The Kier molecular flexibility index (Phi) is 4.44. The normalized spacial score (nSPS) is 14.6. The summed E-state index contributed by atoms with van der Waals surface area (Å²) in [6.07, 6.45) is -9.99. The molecular formula is C15H11F6NO. The van der Waals surface area contributed by atoms with Gasteiger partial charge in [0.1, 0.15) is 11.5 Å². The third-order valence-corrected chi connectivity index (χ3v) is 3.13.